The Morgan fingerprint density at radius 1 is 1.53 bits per heavy atom. The Bertz CT molecular complexity index is 397. The summed E-state index contributed by atoms with van der Waals surface area (Å²) in [5.41, 5.74) is 2.57. The Balaban J connectivity index is 2.13. The zero-order valence-electron chi connectivity index (χ0n) is 8.37. The summed E-state index contributed by atoms with van der Waals surface area (Å²) in [6.07, 6.45) is 2.45. The molecule has 1 heterocycles. The monoisotopic (exact) mass is 265 g/mol. The molecule has 0 N–H and O–H groups in total. The van der Waals surface area contributed by atoms with Gasteiger partial charge in [-0.1, -0.05) is 28.1 Å². The molecule has 0 radical (unpaired) electrons. The minimum absolute atomic E-state index is 0.0595. The van der Waals surface area contributed by atoms with Crippen LogP contribution in [-0.2, 0) is 12.8 Å². The lowest BCUT2D eigenvalue weighted by Crippen LogP contribution is -2.10. The van der Waals surface area contributed by atoms with Gasteiger partial charge in [-0.05, 0) is 23.6 Å². The van der Waals surface area contributed by atoms with Crippen LogP contribution in [0.4, 0.5) is 0 Å². The van der Waals surface area contributed by atoms with E-state index in [9.17, 15) is 0 Å². The predicted octanol–water partition coefficient (Wildman–Crippen LogP) is 2.84. The molecule has 0 aromatic heterocycles. The fourth-order valence-electron chi connectivity index (χ4n) is 1.85. The smallest absolute Gasteiger partial charge is 0.123 e. The van der Waals surface area contributed by atoms with Crippen LogP contribution < -0.4 is 4.74 Å². The fraction of sp³-hybridized carbons (Fsp3) is 0.417. The number of hydrogen-bond donors (Lipinski definition) is 0. The number of halogens is 1. The molecule has 1 aromatic carbocycles. The molecular weight excluding hydrogens is 254 g/mol. The van der Waals surface area contributed by atoms with E-state index in [2.05, 4.69) is 34.1 Å². The molecule has 0 saturated heterocycles. The maximum Gasteiger partial charge on any atom is 0.123 e. The van der Waals surface area contributed by atoms with Crippen molar-refractivity contribution < 1.29 is 4.74 Å². The Labute approximate surface area is 98.0 Å². The number of nitrogens with zero attached hydrogens (tertiary/aromatic N) is 1. The largest absolute Gasteiger partial charge is 0.489 e. The van der Waals surface area contributed by atoms with Gasteiger partial charge in [-0.2, -0.15) is 5.26 Å². The van der Waals surface area contributed by atoms with Crippen molar-refractivity contribution in [2.24, 2.45) is 0 Å². The molecule has 0 fully saturated rings. The average molecular weight is 266 g/mol. The van der Waals surface area contributed by atoms with Gasteiger partial charge in [0.25, 0.3) is 0 Å². The van der Waals surface area contributed by atoms with Gasteiger partial charge in [0.15, 0.2) is 0 Å². The van der Waals surface area contributed by atoms with Crippen LogP contribution in [0.2, 0.25) is 0 Å². The lowest BCUT2D eigenvalue weighted by atomic mass is 10.0. The summed E-state index contributed by atoms with van der Waals surface area (Å²) >= 11 is 3.43. The molecule has 1 unspecified atom stereocenters. The van der Waals surface area contributed by atoms with E-state index in [1.165, 1.54) is 11.1 Å². The Hall–Kier alpha value is -1.01. The van der Waals surface area contributed by atoms with Crippen LogP contribution in [0, 0.1) is 11.3 Å². The molecule has 0 saturated carbocycles. The zero-order chi connectivity index (χ0) is 10.7. The van der Waals surface area contributed by atoms with Gasteiger partial charge < -0.3 is 4.74 Å². The van der Waals surface area contributed by atoms with Gasteiger partial charge in [0.1, 0.15) is 11.9 Å². The Morgan fingerprint density at radius 3 is 3.13 bits per heavy atom. The van der Waals surface area contributed by atoms with Crippen molar-refractivity contribution >= 4 is 15.9 Å². The molecule has 1 aliphatic heterocycles. The van der Waals surface area contributed by atoms with Crippen LogP contribution in [0.5, 0.6) is 5.75 Å². The van der Waals surface area contributed by atoms with Gasteiger partial charge in [-0.3, -0.25) is 0 Å². The second kappa shape index (κ2) is 4.67. The third-order valence-corrected chi connectivity index (χ3v) is 2.96. The molecule has 3 heteroatoms. The number of rotatable bonds is 3. The number of aryl methyl sites for hydroxylation is 1. The highest BCUT2D eigenvalue weighted by Gasteiger charge is 2.22. The van der Waals surface area contributed by atoms with Crippen LogP contribution >= 0.6 is 15.9 Å². The topological polar surface area (TPSA) is 33.0 Å². The molecule has 2 nitrogen and oxygen atoms in total. The van der Waals surface area contributed by atoms with Crippen molar-refractivity contribution in [2.45, 2.75) is 25.4 Å². The number of alkyl halides is 1. The number of fused-ring (bicyclic) bond motifs is 1. The molecule has 0 bridgehead atoms. The highest BCUT2D eigenvalue weighted by molar-refractivity contribution is 9.09. The van der Waals surface area contributed by atoms with E-state index in [-0.39, 0.29) is 6.10 Å². The second-order valence-corrected chi connectivity index (χ2v) is 4.48. The van der Waals surface area contributed by atoms with E-state index in [0.717, 1.165) is 23.9 Å². The summed E-state index contributed by atoms with van der Waals surface area (Å²) in [6.45, 7) is 0. The minimum atomic E-state index is 0.0595. The third-order valence-electron chi connectivity index (χ3n) is 2.57. The van der Waals surface area contributed by atoms with E-state index >= 15 is 0 Å². The first-order valence-corrected chi connectivity index (χ1v) is 6.17. The lowest BCUT2D eigenvalue weighted by molar-refractivity contribution is 0.238. The first-order valence-electron chi connectivity index (χ1n) is 5.05. The molecule has 1 aliphatic rings. The first kappa shape index (κ1) is 10.5. The fourth-order valence-corrected chi connectivity index (χ4v) is 2.31. The van der Waals surface area contributed by atoms with Crippen molar-refractivity contribution in [1.82, 2.24) is 0 Å². The molecule has 0 spiro atoms. The van der Waals surface area contributed by atoms with Gasteiger partial charge in [0.2, 0.25) is 0 Å². The quantitative estimate of drug-likeness (QED) is 0.788. The SMILES string of the molecule is N#CCC1Cc2cc(CCBr)ccc2O1. The number of hydrogen-bond acceptors (Lipinski definition) is 2. The molecule has 1 atom stereocenters. The third kappa shape index (κ3) is 2.32. The number of benzene rings is 1. The van der Waals surface area contributed by atoms with Crippen molar-refractivity contribution in [1.29, 1.82) is 5.26 Å². The highest BCUT2D eigenvalue weighted by atomic mass is 79.9. The Kier molecular flexibility index (Phi) is 3.27. The van der Waals surface area contributed by atoms with Gasteiger partial charge in [0.05, 0.1) is 12.5 Å². The van der Waals surface area contributed by atoms with Crippen molar-refractivity contribution in [3.63, 3.8) is 0 Å². The lowest BCUT2D eigenvalue weighted by Gasteiger charge is -2.04. The average Bonchev–Trinajstić information content (AvgIpc) is 2.60. The number of ether oxygens (including phenoxy) is 1. The maximum absolute atomic E-state index is 8.61. The van der Waals surface area contributed by atoms with Gasteiger partial charge in [-0.25, -0.2) is 0 Å². The summed E-state index contributed by atoms with van der Waals surface area (Å²) in [7, 11) is 0. The van der Waals surface area contributed by atoms with E-state index in [0.29, 0.717) is 6.42 Å². The van der Waals surface area contributed by atoms with Gasteiger partial charge in [0, 0.05) is 11.8 Å². The van der Waals surface area contributed by atoms with Crippen LogP contribution in [0.15, 0.2) is 18.2 Å². The predicted molar refractivity (Wildman–Crippen MR) is 62.3 cm³/mol. The second-order valence-electron chi connectivity index (χ2n) is 3.69. The van der Waals surface area contributed by atoms with Crippen LogP contribution in [0.25, 0.3) is 0 Å². The van der Waals surface area contributed by atoms with Crippen LogP contribution in [0.1, 0.15) is 17.5 Å². The molecule has 0 aliphatic carbocycles. The molecule has 2 rings (SSSR count). The summed E-state index contributed by atoms with van der Waals surface area (Å²) in [5.74, 6) is 0.952. The first-order chi connectivity index (χ1) is 7.33. The normalized spacial score (nSPS) is 18.0. The zero-order valence-corrected chi connectivity index (χ0v) is 9.96. The van der Waals surface area contributed by atoms with Crippen molar-refractivity contribution in [3.05, 3.63) is 29.3 Å². The number of nitriles is 1. The molecule has 15 heavy (non-hydrogen) atoms. The van der Waals surface area contributed by atoms with Gasteiger partial charge in [-0.15, -0.1) is 0 Å². The summed E-state index contributed by atoms with van der Waals surface area (Å²) < 4.78 is 5.65. The molecule has 1 aromatic rings. The summed E-state index contributed by atoms with van der Waals surface area (Å²) in [4.78, 5) is 0. The van der Waals surface area contributed by atoms with E-state index < -0.39 is 0 Å². The van der Waals surface area contributed by atoms with Crippen molar-refractivity contribution in [2.75, 3.05) is 5.33 Å². The highest BCUT2D eigenvalue weighted by Crippen LogP contribution is 2.30. The van der Waals surface area contributed by atoms with Crippen LogP contribution in [0.3, 0.4) is 0 Å². The van der Waals surface area contributed by atoms with E-state index in [1.54, 1.807) is 0 Å². The summed E-state index contributed by atoms with van der Waals surface area (Å²) in [5, 5.41) is 9.59. The maximum atomic E-state index is 8.61. The van der Waals surface area contributed by atoms with Crippen LogP contribution in [-0.4, -0.2) is 11.4 Å². The standard InChI is InChI=1S/C12H12BrNO/c13-5-3-9-1-2-12-10(7-9)8-11(15-12)4-6-14/h1-2,7,11H,3-5,8H2. The molecular formula is C12H12BrNO. The van der Waals surface area contributed by atoms with E-state index in [4.69, 9.17) is 10.00 Å². The van der Waals surface area contributed by atoms with E-state index in [1.807, 2.05) is 6.07 Å². The van der Waals surface area contributed by atoms with Crippen molar-refractivity contribution in [3.8, 4) is 11.8 Å². The molecule has 78 valence electrons. The molecule has 0 amide bonds. The Morgan fingerprint density at radius 2 is 2.40 bits per heavy atom. The van der Waals surface area contributed by atoms with Gasteiger partial charge >= 0.3 is 0 Å². The summed E-state index contributed by atoms with van der Waals surface area (Å²) in [6, 6.07) is 8.45. The minimum Gasteiger partial charge on any atom is -0.489 e.